The van der Waals surface area contributed by atoms with Crippen LogP contribution in [-0.4, -0.2) is 31.4 Å². The van der Waals surface area contributed by atoms with Gasteiger partial charge in [0.2, 0.25) is 5.91 Å². The predicted octanol–water partition coefficient (Wildman–Crippen LogP) is 7.02. The van der Waals surface area contributed by atoms with Crippen molar-refractivity contribution in [3.05, 3.63) is 68.7 Å². The quantitative estimate of drug-likeness (QED) is 0.210. The van der Waals surface area contributed by atoms with Crippen LogP contribution in [0.15, 0.2) is 57.5 Å². The number of rotatable bonds is 9. The molecule has 0 saturated heterocycles. The van der Waals surface area contributed by atoms with Gasteiger partial charge in [-0.1, -0.05) is 57.5 Å². The van der Waals surface area contributed by atoms with Crippen molar-refractivity contribution >= 4 is 61.7 Å². The summed E-state index contributed by atoms with van der Waals surface area (Å²) in [5, 5.41) is 15.1. The zero-order valence-electron chi connectivity index (χ0n) is 19.3. The molecule has 0 spiro atoms. The van der Waals surface area contributed by atoms with Gasteiger partial charge in [-0.25, -0.2) is 4.98 Å². The zero-order chi connectivity index (χ0) is 24.9. The number of carbonyl (C=O) groups excluding carboxylic acids is 1. The van der Waals surface area contributed by atoms with Crippen molar-refractivity contribution < 1.29 is 9.53 Å². The molecule has 1 amide bonds. The Morgan fingerprint density at radius 3 is 2.77 bits per heavy atom. The van der Waals surface area contributed by atoms with Gasteiger partial charge in [0, 0.05) is 22.0 Å². The van der Waals surface area contributed by atoms with Crippen molar-refractivity contribution in [1.82, 2.24) is 19.7 Å². The molecule has 2 heterocycles. The second kappa shape index (κ2) is 11.6. The van der Waals surface area contributed by atoms with Crippen LogP contribution in [-0.2, 0) is 11.3 Å². The Hall–Kier alpha value is -2.40. The SMILES string of the molecule is CCn1c(SCC(=O)Nc2nc(-c3ccc(Br)cc3)cs2)nnc1C(C)Oc1cc(C)ccc1Cl. The molecule has 4 rings (SSSR count). The van der Waals surface area contributed by atoms with Crippen LogP contribution in [0.3, 0.4) is 0 Å². The predicted molar refractivity (Wildman–Crippen MR) is 146 cm³/mol. The standard InChI is InChI=1S/C24H23BrClN5O2S2/c1-4-31-22(15(3)33-20-11-14(2)5-10-18(20)26)29-30-24(31)35-13-21(32)28-23-27-19(12-34-23)16-6-8-17(25)9-7-16/h5-12,15H,4,13H2,1-3H3,(H,27,28,32). The van der Waals surface area contributed by atoms with Crippen LogP contribution >= 0.6 is 50.6 Å². The molecule has 0 radical (unpaired) electrons. The number of halogens is 2. The normalized spacial score (nSPS) is 11.9. The summed E-state index contributed by atoms with van der Waals surface area (Å²) < 4.78 is 9.01. The highest BCUT2D eigenvalue weighted by Crippen LogP contribution is 2.31. The summed E-state index contributed by atoms with van der Waals surface area (Å²) >= 11 is 12.4. The molecule has 0 fully saturated rings. The Morgan fingerprint density at radius 2 is 2.03 bits per heavy atom. The fraction of sp³-hybridized carbons (Fsp3) is 0.250. The summed E-state index contributed by atoms with van der Waals surface area (Å²) in [6, 6.07) is 13.5. The van der Waals surface area contributed by atoms with Crippen LogP contribution in [0.1, 0.15) is 31.3 Å². The largest absolute Gasteiger partial charge is 0.481 e. The molecule has 182 valence electrons. The van der Waals surface area contributed by atoms with Gasteiger partial charge >= 0.3 is 0 Å². The Bertz CT molecular complexity index is 1330. The lowest BCUT2D eigenvalue weighted by Gasteiger charge is -2.16. The number of nitrogens with zero attached hydrogens (tertiary/aromatic N) is 4. The maximum atomic E-state index is 12.6. The third-order valence-corrected chi connectivity index (χ3v) is 7.60. The summed E-state index contributed by atoms with van der Waals surface area (Å²) in [6.45, 7) is 6.53. The molecule has 0 aliphatic heterocycles. The minimum Gasteiger partial charge on any atom is -0.481 e. The highest BCUT2D eigenvalue weighted by molar-refractivity contribution is 9.10. The lowest BCUT2D eigenvalue weighted by Crippen LogP contribution is -2.15. The molecule has 7 nitrogen and oxygen atoms in total. The molecule has 4 aromatic rings. The monoisotopic (exact) mass is 591 g/mol. The lowest BCUT2D eigenvalue weighted by molar-refractivity contribution is -0.113. The van der Waals surface area contributed by atoms with Crippen LogP contribution in [0.2, 0.25) is 5.02 Å². The van der Waals surface area contributed by atoms with E-state index in [0.29, 0.717) is 33.4 Å². The topological polar surface area (TPSA) is 81.9 Å². The fourth-order valence-corrected chi connectivity index (χ4v) is 5.29. The molecule has 1 unspecified atom stereocenters. The minimum atomic E-state index is -0.364. The third-order valence-electron chi connectivity index (χ3n) is 5.04. The Morgan fingerprint density at radius 1 is 1.26 bits per heavy atom. The van der Waals surface area contributed by atoms with E-state index in [2.05, 4.69) is 36.4 Å². The van der Waals surface area contributed by atoms with E-state index < -0.39 is 0 Å². The molecule has 0 aliphatic rings. The van der Waals surface area contributed by atoms with Crippen LogP contribution in [0.5, 0.6) is 5.75 Å². The fourth-order valence-electron chi connectivity index (χ4n) is 3.32. The number of aromatic nitrogens is 4. The van der Waals surface area contributed by atoms with Crippen molar-refractivity contribution in [3.8, 4) is 17.0 Å². The second-order valence-electron chi connectivity index (χ2n) is 7.66. The number of ether oxygens (including phenoxy) is 1. The molecule has 11 heteroatoms. The van der Waals surface area contributed by atoms with Crippen LogP contribution < -0.4 is 10.1 Å². The molecule has 1 atom stereocenters. The zero-order valence-corrected chi connectivity index (χ0v) is 23.3. The van der Waals surface area contributed by atoms with Gasteiger partial charge in [-0.05, 0) is 50.6 Å². The molecular weight excluding hydrogens is 570 g/mol. The number of aryl methyl sites for hydroxylation is 1. The number of thioether (sulfide) groups is 1. The van der Waals surface area contributed by atoms with Gasteiger partial charge in [-0.2, -0.15) is 0 Å². The summed E-state index contributed by atoms with van der Waals surface area (Å²) in [5.41, 5.74) is 2.87. The van der Waals surface area contributed by atoms with E-state index in [1.807, 2.05) is 73.2 Å². The maximum Gasteiger partial charge on any atom is 0.236 e. The second-order valence-corrected chi connectivity index (χ2v) is 10.8. The molecule has 0 aliphatic carbocycles. The van der Waals surface area contributed by atoms with E-state index in [1.165, 1.54) is 23.1 Å². The Labute approximate surface area is 225 Å². The van der Waals surface area contributed by atoms with Crippen LogP contribution in [0, 0.1) is 6.92 Å². The average molecular weight is 593 g/mol. The van der Waals surface area contributed by atoms with Gasteiger partial charge in [-0.15, -0.1) is 21.5 Å². The highest BCUT2D eigenvalue weighted by atomic mass is 79.9. The summed E-state index contributed by atoms with van der Waals surface area (Å²) in [4.78, 5) is 17.1. The molecule has 0 saturated carbocycles. The maximum absolute atomic E-state index is 12.6. The first kappa shape index (κ1) is 25.7. The smallest absolute Gasteiger partial charge is 0.236 e. The van der Waals surface area contributed by atoms with Crippen LogP contribution in [0.25, 0.3) is 11.3 Å². The van der Waals surface area contributed by atoms with Crippen molar-refractivity contribution in [2.24, 2.45) is 0 Å². The molecule has 0 bridgehead atoms. The first-order chi connectivity index (χ1) is 16.8. The van der Waals surface area contributed by atoms with Crippen LogP contribution in [0.4, 0.5) is 5.13 Å². The van der Waals surface area contributed by atoms with E-state index in [-0.39, 0.29) is 17.8 Å². The minimum absolute atomic E-state index is 0.158. The lowest BCUT2D eigenvalue weighted by atomic mass is 10.2. The average Bonchev–Trinajstić information content (AvgIpc) is 3.47. The van der Waals surface area contributed by atoms with E-state index in [4.69, 9.17) is 16.3 Å². The van der Waals surface area contributed by atoms with Crippen molar-refractivity contribution in [3.63, 3.8) is 0 Å². The van der Waals surface area contributed by atoms with E-state index >= 15 is 0 Å². The van der Waals surface area contributed by atoms with Gasteiger partial charge in [-0.3, -0.25) is 4.79 Å². The highest BCUT2D eigenvalue weighted by Gasteiger charge is 2.20. The summed E-state index contributed by atoms with van der Waals surface area (Å²) in [7, 11) is 0. The number of hydrogen-bond donors (Lipinski definition) is 1. The molecular formula is C24H23BrClN5O2S2. The summed E-state index contributed by atoms with van der Waals surface area (Å²) in [5.74, 6) is 1.30. The number of thiazole rings is 1. The Kier molecular flexibility index (Phi) is 8.48. The van der Waals surface area contributed by atoms with Gasteiger partial charge in [0.1, 0.15) is 5.75 Å². The van der Waals surface area contributed by atoms with E-state index in [0.717, 1.165) is 21.3 Å². The van der Waals surface area contributed by atoms with E-state index in [1.54, 1.807) is 0 Å². The molecule has 1 N–H and O–H groups in total. The number of carbonyl (C=O) groups is 1. The number of nitrogens with one attached hydrogen (secondary N) is 1. The first-order valence-electron chi connectivity index (χ1n) is 10.8. The van der Waals surface area contributed by atoms with Gasteiger partial charge in [0.25, 0.3) is 0 Å². The van der Waals surface area contributed by atoms with Crippen molar-refractivity contribution in [2.45, 2.75) is 38.6 Å². The number of anilines is 1. The number of hydrogen-bond acceptors (Lipinski definition) is 7. The molecule has 2 aromatic heterocycles. The third kappa shape index (κ3) is 6.43. The van der Waals surface area contributed by atoms with Gasteiger partial charge in [0.15, 0.2) is 22.2 Å². The number of amides is 1. The molecule has 2 aromatic carbocycles. The first-order valence-corrected chi connectivity index (χ1v) is 13.9. The number of benzene rings is 2. The van der Waals surface area contributed by atoms with E-state index in [9.17, 15) is 4.79 Å². The Balaban J connectivity index is 1.37. The van der Waals surface area contributed by atoms with Crippen molar-refractivity contribution in [1.29, 1.82) is 0 Å². The van der Waals surface area contributed by atoms with Crippen molar-refractivity contribution in [2.75, 3.05) is 11.1 Å². The van der Waals surface area contributed by atoms with Gasteiger partial charge < -0.3 is 14.6 Å². The molecule has 35 heavy (non-hydrogen) atoms. The summed E-state index contributed by atoms with van der Waals surface area (Å²) in [6.07, 6.45) is -0.364. The van der Waals surface area contributed by atoms with Gasteiger partial charge in [0.05, 0.1) is 16.5 Å².